The summed E-state index contributed by atoms with van der Waals surface area (Å²) in [5.41, 5.74) is 5.11. The van der Waals surface area contributed by atoms with Crippen LogP contribution in [0.1, 0.15) is 31.9 Å². The van der Waals surface area contributed by atoms with E-state index in [4.69, 9.17) is 19.2 Å². The molecule has 1 N–H and O–H groups in total. The van der Waals surface area contributed by atoms with Gasteiger partial charge in [0.2, 0.25) is 18.2 Å². The molecule has 0 atom stereocenters. The number of carbonyl (C=O) groups excluding carboxylic acids is 1. The van der Waals surface area contributed by atoms with E-state index in [1.165, 1.54) is 5.69 Å². The lowest BCUT2D eigenvalue weighted by molar-refractivity contribution is -0.109. The summed E-state index contributed by atoms with van der Waals surface area (Å²) in [4.78, 5) is 20.4. The highest BCUT2D eigenvalue weighted by Gasteiger charge is 2.32. The van der Waals surface area contributed by atoms with Crippen LogP contribution in [0.4, 0.5) is 5.69 Å². The van der Waals surface area contributed by atoms with E-state index >= 15 is 0 Å². The molecule has 0 bridgehead atoms. The molecule has 236 valence electrons. The zero-order valence-electron chi connectivity index (χ0n) is 26.5. The summed E-state index contributed by atoms with van der Waals surface area (Å²) in [6.07, 6.45) is 0.761. The Labute approximate surface area is 266 Å². The lowest BCUT2D eigenvalue weighted by atomic mass is 10.0. The van der Waals surface area contributed by atoms with Gasteiger partial charge >= 0.3 is 0 Å². The molecule has 0 spiro atoms. The molecular formula is C37H44N4O4. The van der Waals surface area contributed by atoms with E-state index in [-0.39, 0.29) is 5.60 Å². The van der Waals surface area contributed by atoms with Crippen molar-refractivity contribution in [1.29, 1.82) is 0 Å². The van der Waals surface area contributed by atoms with Gasteiger partial charge in [-0.2, -0.15) is 4.98 Å². The maximum Gasteiger partial charge on any atom is 0.225 e. The van der Waals surface area contributed by atoms with Gasteiger partial charge < -0.3 is 24.4 Å². The van der Waals surface area contributed by atoms with Crippen molar-refractivity contribution in [1.82, 2.24) is 15.2 Å². The van der Waals surface area contributed by atoms with Crippen molar-refractivity contribution in [2.45, 2.75) is 45.6 Å². The van der Waals surface area contributed by atoms with E-state index in [0.717, 1.165) is 54.8 Å². The molecule has 0 unspecified atom stereocenters. The molecule has 1 aliphatic rings. The number of hydrogen-bond donors (Lipinski definition) is 1. The number of benzene rings is 3. The normalized spacial score (nSPS) is 13.4. The molecule has 3 aromatic carbocycles. The van der Waals surface area contributed by atoms with Gasteiger partial charge in [0, 0.05) is 56.1 Å². The Bertz CT molecular complexity index is 1470. The molecular weight excluding hydrogens is 564 g/mol. The topological polar surface area (TPSA) is 76.2 Å². The molecule has 1 fully saturated rings. The van der Waals surface area contributed by atoms with Crippen molar-refractivity contribution in [2.75, 3.05) is 44.2 Å². The minimum absolute atomic E-state index is 0.169. The highest BCUT2D eigenvalue weighted by molar-refractivity contribution is 5.71. The number of aromatic nitrogens is 1. The summed E-state index contributed by atoms with van der Waals surface area (Å²) in [5.74, 6) is 1.06. The summed E-state index contributed by atoms with van der Waals surface area (Å²) in [7, 11) is 0. The Balaban J connectivity index is 1.25. The number of nitrogens with zero attached hydrogens (tertiary/aromatic N) is 3. The second kappa shape index (κ2) is 15.5. The van der Waals surface area contributed by atoms with Crippen molar-refractivity contribution in [3.8, 4) is 22.9 Å². The third-order valence-corrected chi connectivity index (χ3v) is 7.75. The third-order valence-electron chi connectivity index (χ3n) is 7.75. The Morgan fingerprint density at radius 3 is 2.11 bits per heavy atom. The molecule has 2 heterocycles. The number of nitrogens with one attached hydrogen (secondary N) is 1. The molecule has 4 aromatic rings. The van der Waals surface area contributed by atoms with Crippen LogP contribution in [0.2, 0.25) is 0 Å². The SMILES string of the molecule is CC(C)(C)OCCN(CCNC=O)C1CN(c2ccc(-c3ccc(OCc4ccccc4)nc3OCc3ccccc3)cc2)C1. The van der Waals surface area contributed by atoms with E-state index in [1.807, 2.05) is 72.8 Å². The molecule has 5 rings (SSSR count). The van der Waals surface area contributed by atoms with Gasteiger partial charge in [-0.15, -0.1) is 0 Å². The lowest BCUT2D eigenvalue weighted by Crippen LogP contribution is -2.61. The number of ether oxygens (including phenoxy) is 3. The van der Waals surface area contributed by atoms with Crippen LogP contribution in [-0.2, 0) is 22.7 Å². The lowest BCUT2D eigenvalue weighted by Gasteiger charge is -2.47. The summed E-state index contributed by atoms with van der Waals surface area (Å²) < 4.78 is 18.3. The first-order chi connectivity index (χ1) is 21.9. The molecule has 45 heavy (non-hydrogen) atoms. The van der Waals surface area contributed by atoms with Gasteiger partial charge in [0.05, 0.1) is 12.2 Å². The van der Waals surface area contributed by atoms with E-state index in [9.17, 15) is 4.79 Å². The van der Waals surface area contributed by atoms with E-state index < -0.39 is 0 Å². The van der Waals surface area contributed by atoms with E-state index in [0.29, 0.717) is 44.2 Å². The van der Waals surface area contributed by atoms with Crippen LogP contribution in [0.25, 0.3) is 11.1 Å². The maximum absolute atomic E-state index is 10.8. The van der Waals surface area contributed by atoms with Gasteiger partial charge in [0.15, 0.2) is 0 Å². The van der Waals surface area contributed by atoms with Gasteiger partial charge in [-0.25, -0.2) is 0 Å². The average molecular weight is 609 g/mol. The predicted molar refractivity (Wildman–Crippen MR) is 179 cm³/mol. The zero-order valence-corrected chi connectivity index (χ0v) is 26.5. The van der Waals surface area contributed by atoms with Crippen LogP contribution >= 0.6 is 0 Å². The van der Waals surface area contributed by atoms with Crippen molar-refractivity contribution in [2.24, 2.45) is 0 Å². The van der Waals surface area contributed by atoms with E-state index in [2.05, 4.69) is 60.2 Å². The van der Waals surface area contributed by atoms with Crippen LogP contribution in [0.15, 0.2) is 97.1 Å². The largest absolute Gasteiger partial charge is 0.473 e. The van der Waals surface area contributed by atoms with Crippen LogP contribution in [0.3, 0.4) is 0 Å². The van der Waals surface area contributed by atoms with Crippen molar-refractivity contribution in [3.05, 3.63) is 108 Å². The molecule has 0 aliphatic carbocycles. The van der Waals surface area contributed by atoms with Gasteiger partial charge in [-0.05, 0) is 55.7 Å². The number of pyridine rings is 1. The number of amides is 1. The molecule has 1 saturated heterocycles. The fourth-order valence-electron chi connectivity index (χ4n) is 5.25. The third kappa shape index (κ3) is 9.54. The van der Waals surface area contributed by atoms with Crippen molar-refractivity contribution < 1.29 is 19.0 Å². The fraction of sp³-hybridized carbons (Fsp3) is 0.351. The molecule has 1 aromatic heterocycles. The number of anilines is 1. The summed E-state index contributed by atoms with van der Waals surface area (Å²) in [5, 5.41) is 2.79. The quantitative estimate of drug-likeness (QED) is 0.124. The smallest absolute Gasteiger partial charge is 0.225 e. The fourth-order valence-corrected chi connectivity index (χ4v) is 5.25. The first-order valence-electron chi connectivity index (χ1n) is 15.6. The maximum atomic E-state index is 10.8. The number of hydrogen-bond acceptors (Lipinski definition) is 7. The highest BCUT2D eigenvalue weighted by Crippen LogP contribution is 2.33. The average Bonchev–Trinajstić information content (AvgIpc) is 3.03. The summed E-state index contributed by atoms with van der Waals surface area (Å²) in [6, 6.07) is 33.1. The van der Waals surface area contributed by atoms with Crippen LogP contribution in [0.5, 0.6) is 11.8 Å². The Kier molecular flexibility index (Phi) is 11.1. The first-order valence-corrected chi connectivity index (χ1v) is 15.6. The first kappa shape index (κ1) is 32.0. The van der Waals surface area contributed by atoms with Gasteiger partial charge in [-0.3, -0.25) is 9.69 Å². The minimum atomic E-state index is -0.169. The monoisotopic (exact) mass is 608 g/mol. The highest BCUT2D eigenvalue weighted by atomic mass is 16.5. The van der Waals surface area contributed by atoms with Gasteiger partial charge in [-0.1, -0.05) is 72.8 Å². The number of rotatable bonds is 16. The Morgan fingerprint density at radius 2 is 1.49 bits per heavy atom. The molecule has 1 amide bonds. The zero-order chi connectivity index (χ0) is 31.5. The summed E-state index contributed by atoms with van der Waals surface area (Å²) >= 11 is 0. The second-order valence-corrected chi connectivity index (χ2v) is 12.2. The summed E-state index contributed by atoms with van der Waals surface area (Å²) in [6.45, 7) is 11.8. The van der Waals surface area contributed by atoms with Crippen LogP contribution in [-0.4, -0.2) is 67.3 Å². The van der Waals surface area contributed by atoms with Crippen molar-refractivity contribution >= 4 is 12.1 Å². The minimum Gasteiger partial charge on any atom is -0.473 e. The second-order valence-electron chi connectivity index (χ2n) is 12.2. The Hall–Kier alpha value is -4.40. The molecule has 1 aliphatic heterocycles. The number of carbonyl (C=O) groups is 1. The van der Waals surface area contributed by atoms with Gasteiger partial charge in [0.25, 0.3) is 0 Å². The molecule has 8 heteroatoms. The predicted octanol–water partition coefficient (Wildman–Crippen LogP) is 5.96. The molecule has 8 nitrogen and oxygen atoms in total. The molecule has 0 saturated carbocycles. The standard InChI is InChI=1S/C37H44N4O4/c1-37(2,3)45-23-22-40(21-20-38-28-42)33-24-41(25-33)32-16-14-31(15-17-32)34-18-19-35(43-26-29-10-6-4-7-11-29)39-36(34)44-27-30-12-8-5-9-13-30/h4-19,28,33H,20-27H2,1-3H3,(H,38,42). The van der Waals surface area contributed by atoms with Crippen LogP contribution in [0, 0.1) is 0 Å². The molecule has 0 radical (unpaired) electrons. The Morgan fingerprint density at radius 1 is 0.844 bits per heavy atom. The van der Waals surface area contributed by atoms with Crippen LogP contribution < -0.4 is 19.7 Å². The van der Waals surface area contributed by atoms with E-state index in [1.54, 1.807) is 0 Å². The van der Waals surface area contributed by atoms with Crippen molar-refractivity contribution in [3.63, 3.8) is 0 Å². The van der Waals surface area contributed by atoms with Gasteiger partial charge in [0.1, 0.15) is 13.2 Å².